The number of amides is 1. The number of benzene rings is 1. The van der Waals surface area contributed by atoms with Crippen LogP contribution in [-0.4, -0.2) is 33.9 Å². The van der Waals surface area contributed by atoms with Crippen LogP contribution in [0.1, 0.15) is 34.8 Å². The molecular formula is C18H19N5OS. The summed E-state index contributed by atoms with van der Waals surface area (Å²) >= 11 is 1.64. The number of carbonyl (C=O) groups is 1. The highest BCUT2D eigenvalue weighted by Crippen LogP contribution is 2.25. The van der Waals surface area contributed by atoms with E-state index >= 15 is 0 Å². The molecule has 1 saturated heterocycles. The summed E-state index contributed by atoms with van der Waals surface area (Å²) in [6.45, 7) is 3.95. The topological polar surface area (TPSA) is 71.0 Å². The van der Waals surface area contributed by atoms with Gasteiger partial charge in [-0.15, -0.1) is 11.3 Å². The van der Waals surface area contributed by atoms with Gasteiger partial charge in [0.1, 0.15) is 17.8 Å². The van der Waals surface area contributed by atoms with Gasteiger partial charge in [0.15, 0.2) is 0 Å². The molecule has 3 aromatic rings. The van der Waals surface area contributed by atoms with Gasteiger partial charge in [0.25, 0.3) is 5.91 Å². The van der Waals surface area contributed by atoms with Gasteiger partial charge in [-0.05, 0) is 44.4 Å². The third kappa shape index (κ3) is 3.46. The van der Waals surface area contributed by atoms with E-state index in [0.717, 1.165) is 39.8 Å². The number of aromatic nitrogens is 3. The monoisotopic (exact) mass is 353 g/mol. The second-order valence-electron chi connectivity index (χ2n) is 6.18. The molecule has 0 aliphatic carbocycles. The minimum atomic E-state index is -0.230. The standard InChI is InChI=1S/C18H19N5OS/c1-12-21-14-9-13(5-6-16(14)25-12)22-18(24)15-10-17(20-11-19-15)23-7-3-2-4-8-23/h5-6,9-11H,2-4,7-8H2,1H3,(H,22,24). The number of aryl methyl sites for hydroxylation is 1. The minimum Gasteiger partial charge on any atom is -0.357 e. The number of piperidine rings is 1. The molecule has 0 saturated carbocycles. The Kier molecular flexibility index (Phi) is 4.31. The maximum absolute atomic E-state index is 12.6. The summed E-state index contributed by atoms with van der Waals surface area (Å²) < 4.78 is 1.12. The van der Waals surface area contributed by atoms with E-state index in [1.54, 1.807) is 17.4 Å². The molecule has 25 heavy (non-hydrogen) atoms. The Balaban J connectivity index is 1.53. The van der Waals surface area contributed by atoms with E-state index in [2.05, 4.69) is 25.2 Å². The Labute approximate surface area is 149 Å². The van der Waals surface area contributed by atoms with Crippen LogP contribution in [0.5, 0.6) is 0 Å². The molecule has 4 rings (SSSR count). The predicted molar refractivity (Wildman–Crippen MR) is 100 cm³/mol. The molecule has 0 atom stereocenters. The fourth-order valence-electron chi connectivity index (χ4n) is 3.08. The van der Waals surface area contributed by atoms with Gasteiger partial charge >= 0.3 is 0 Å². The molecule has 0 unspecified atom stereocenters. The van der Waals surface area contributed by atoms with E-state index in [9.17, 15) is 4.79 Å². The number of hydrogen-bond donors (Lipinski definition) is 1. The van der Waals surface area contributed by atoms with Crippen LogP contribution in [0.2, 0.25) is 0 Å². The van der Waals surface area contributed by atoms with Crippen molar-refractivity contribution in [3.63, 3.8) is 0 Å². The van der Waals surface area contributed by atoms with Crippen molar-refractivity contribution in [1.29, 1.82) is 0 Å². The van der Waals surface area contributed by atoms with Crippen LogP contribution in [0.15, 0.2) is 30.6 Å². The fourth-order valence-corrected chi connectivity index (χ4v) is 3.89. The summed E-state index contributed by atoms with van der Waals surface area (Å²) in [4.78, 5) is 27.7. The predicted octanol–water partition coefficient (Wildman–Crippen LogP) is 3.64. The summed E-state index contributed by atoms with van der Waals surface area (Å²) in [7, 11) is 0. The van der Waals surface area contributed by atoms with E-state index in [4.69, 9.17) is 0 Å². The van der Waals surface area contributed by atoms with E-state index in [0.29, 0.717) is 5.69 Å². The van der Waals surface area contributed by atoms with Gasteiger partial charge in [-0.3, -0.25) is 4.79 Å². The number of nitrogens with one attached hydrogen (secondary N) is 1. The Bertz CT molecular complexity index is 917. The molecule has 2 aromatic heterocycles. The first-order valence-electron chi connectivity index (χ1n) is 8.44. The van der Waals surface area contributed by atoms with Crippen molar-refractivity contribution in [2.45, 2.75) is 26.2 Å². The lowest BCUT2D eigenvalue weighted by Gasteiger charge is -2.27. The molecule has 1 aromatic carbocycles. The van der Waals surface area contributed by atoms with Crippen LogP contribution in [-0.2, 0) is 0 Å². The van der Waals surface area contributed by atoms with E-state index in [1.807, 2.05) is 25.1 Å². The summed E-state index contributed by atoms with van der Waals surface area (Å²) in [5, 5.41) is 3.92. The lowest BCUT2D eigenvalue weighted by atomic mass is 10.1. The van der Waals surface area contributed by atoms with Crippen LogP contribution in [0.3, 0.4) is 0 Å². The first-order chi connectivity index (χ1) is 12.2. The van der Waals surface area contributed by atoms with E-state index in [1.165, 1.54) is 25.6 Å². The Morgan fingerprint density at radius 2 is 2.00 bits per heavy atom. The zero-order valence-electron chi connectivity index (χ0n) is 14.0. The van der Waals surface area contributed by atoms with E-state index in [-0.39, 0.29) is 5.91 Å². The van der Waals surface area contributed by atoms with Crippen LogP contribution in [0.25, 0.3) is 10.2 Å². The van der Waals surface area contributed by atoms with Crippen molar-refractivity contribution >= 4 is 39.0 Å². The lowest BCUT2D eigenvalue weighted by molar-refractivity contribution is 0.102. The molecule has 0 radical (unpaired) electrons. The Morgan fingerprint density at radius 1 is 1.16 bits per heavy atom. The average molecular weight is 353 g/mol. The zero-order chi connectivity index (χ0) is 17.2. The smallest absolute Gasteiger partial charge is 0.274 e. The molecule has 128 valence electrons. The highest BCUT2D eigenvalue weighted by Gasteiger charge is 2.15. The SMILES string of the molecule is Cc1nc2cc(NC(=O)c3cc(N4CCCCC4)ncn3)ccc2s1. The van der Waals surface area contributed by atoms with Gasteiger partial charge in [-0.2, -0.15) is 0 Å². The molecule has 6 nitrogen and oxygen atoms in total. The first kappa shape index (κ1) is 16.0. The third-order valence-electron chi connectivity index (χ3n) is 4.32. The van der Waals surface area contributed by atoms with Gasteiger partial charge in [0.2, 0.25) is 0 Å². The van der Waals surface area contributed by atoms with Crippen LogP contribution in [0, 0.1) is 6.92 Å². The van der Waals surface area contributed by atoms with Gasteiger partial charge in [0, 0.05) is 24.8 Å². The molecule has 7 heteroatoms. The summed E-state index contributed by atoms with van der Waals surface area (Å²) in [5.74, 6) is 0.595. The van der Waals surface area contributed by atoms with Crippen molar-refractivity contribution in [2.75, 3.05) is 23.3 Å². The van der Waals surface area contributed by atoms with Crippen LogP contribution >= 0.6 is 11.3 Å². The van der Waals surface area contributed by atoms with E-state index < -0.39 is 0 Å². The highest BCUT2D eigenvalue weighted by atomic mass is 32.1. The van der Waals surface area contributed by atoms with Crippen molar-refractivity contribution in [1.82, 2.24) is 15.0 Å². The quantitative estimate of drug-likeness (QED) is 0.778. The number of carbonyl (C=O) groups excluding carboxylic acids is 1. The van der Waals surface area contributed by atoms with Gasteiger partial charge in [-0.25, -0.2) is 15.0 Å². The Hall–Kier alpha value is -2.54. The Morgan fingerprint density at radius 3 is 2.84 bits per heavy atom. The molecule has 1 fully saturated rings. The van der Waals surface area contributed by atoms with Crippen LogP contribution < -0.4 is 10.2 Å². The number of nitrogens with zero attached hydrogens (tertiary/aromatic N) is 4. The molecule has 3 heterocycles. The highest BCUT2D eigenvalue weighted by molar-refractivity contribution is 7.18. The van der Waals surface area contributed by atoms with Gasteiger partial charge < -0.3 is 10.2 Å². The molecule has 1 aliphatic heterocycles. The van der Waals surface area contributed by atoms with Gasteiger partial charge in [0.05, 0.1) is 15.2 Å². The van der Waals surface area contributed by atoms with Crippen molar-refractivity contribution in [3.8, 4) is 0 Å². The molecular weight excluding hydrogens is 334 g/mol. The molecule has 1 aliphatic rings. The maximum Gasteiger partial charge on any atom is 0.274 e. The first-order valence-corrected chi connectivity index (χ1v) is 9.26. The van der Waals surface area contributed by atoms with Crippen molar-refractivity contribution in [2.24, 2.45) is 0 Å². The fraction of sp³-hybridized carbons (Fsp3) is 0.333. The second kappa shape index (κ2) is 6.76. The van der Waals surface area contributed by atoms with Crippen molar-refractivity contribution < 1.29 is 4.79 Å². The number of hydrogen-bond acceptors (Lipinski definition) is 6. The maximum atomic E-state index is 12.6. The third-order valence-corrected chi connectivity index (χ3v) is 5.27. The zero-order valence-corrected chi connectivity index (χ0v) is 14.8. The number of anilines is 2. The second-order valence-corrected chi connectivity index (χ2v) is 7.41. The number of thiazole rings is 1. The molecule has 1 amide bonds. The van der Waals surface area contributed by atoms with Crippen molar-refractivity contribution in [3.05, 3.63) is 41.3 Å². The largest absolute Gasteiger partial charge is 0.357 e. The summed E-state index contributed by atoms with van der Waals surface area (Å²) in [6.07, 6.45) is 5.05. The minimum absolute atomic E-state index is 0.230. The average Bonchev–Trinajstić information content (AvgIpc) is 3.02. The lowest BCUT2D eigenvalue weighted by Crippen LogP contribution is -2.30. The normalized spacial score (nSPS) is 14.7. The van der Waals surface area contributed by atoms with Crippen LogP contribution in [0.4, 0.5) is 11.5 Å². The summed E-state index contributed by atoms with van der Waals surface area (Å²) in [5.41, 5.74) is 2.00. The number of rotatable bonds is 3. The summed E-state index contributed by atoms with van der Waals surface area (Å²) in [6, 6.07) is 7.54. The molecule has 1 N–H and O–H groups in total. The van der Waals surface area contributed by atoms with Gasteiger partial charge in [-0.1, -0.05) is 0 Å². The number of fused-ring (bicyclic) bond motifs is 1. The molecule has 0 spiro atoms. The molecule has 0 bridgehead atoms.